The van der Waals surface area contributed by atoms with Crippen molar-refractivity contribution >= 4 is 17.1 Å². The van der Waals surface area contributed by atoms with E-state index < -0.39 is 0 Å². The van der Waals surface area contributed by atoms with Gasteiger partial charge in [-0.1, -0.05) is 60.2 Å². The molecule has 0 bridgehead atoms. The summed E-state index contributed by atoms with van der Waals surface area (Å²) in [5.41, 5.74) is 9.27. The third-order valence-corrected chi connectivity index (χ3v) is 5.08. The van der Waals surface area contributed by atoms with Gasteiger partial charge in [-0.05, 0) is 59.6 Å². The Labute approximate surface area is 148 Å². The van der Waals surface area contributed by atoms with E-state index in [4.69, 9.17) is 4.74 Å². The van der Waals surface area contributed by atoms with Crippen LogP contribution in [0.1, 0.15) is 48.4 Å². The lowest BCUT2D eigenvalue weighted by Crippen LogP contribution is -2.08. The number of carbonyl (C=O) groups is 1. The van der Waals surface area contributed by atoms with Crippen LogP contribution in [0.3, 0.4) is 0 Å². The molecule has 2 heteroatoms. The van der Waals surface area contributed by atoms with Gasteiger partial charge in [0.15, 0.2) is 0 Å². The van der Waals surface area contributed by atoms with Crippen molar-refractivity contribution in [2.45, 2.75) is 32.6 Å². The van der Waals surface area contributed by atoms with Crippen molar-refractivity contribution in [1.82, 2.24) is 0 Å². The first kappa shape index (κ1) is 15.9. The molecule has 2 aromatic carbocycles. The van der Waals surface area contributed by atoms with Crippen LogP contribution in [-0.4, -0.2) is 12.6 Å². The van der Waals surface area contributed by atoms with Gasteiger partial charge in [-0.3, -0.25) is 4.79 Å². The van der Waals surface area contributed by atoms with Crippen molar-refractivity contribution in [2.24, 2.45) is 0 Å². The van der Waals surface area contributed by atoms with Gasteiger partial charge >= 0.3 is 5.97 Å². The first-order valence-electron chi connectivity index (χ1n) is 9.01. The predicted molar refractivity (Wildman–Crippen MR) is 101 cm³/mol. The molecular weight excluding hydrogens is 308 g/mol. The maximum atomic E-state index is 11.9. The summed E-state index contributed by atoms with van der Waals surface area (Å²) >= 11 is 0. The highest BCUT2D eigenvalue weighted by Gasteiger charge is 2.24. The molecule has 0 radical (unpaired) electrons. The van der Waals surface area contributed by atoms with Crippen LogP contribution in [-0.2, 0) is 16.0 Å². The van der Waals surface area contributed by atoms with Crippen molar-refractivity contribution < 1.29 is 9.53 Å². The number of rotatable bonds is 3. The molecule has 0 saturated carbocycles. The fraction of sp³-hybridized carbons (Fsp3) is 0.261. The van der Waals surface area contributed by atoms with E-state index in [0.29, 0.717) is 13.0 Å². The molecule has 0 spiro atoms. The molecule has 0 fully saturated rings. The summed E-state index contributed by atoms with van der Waals surface area (Å²) in [6.45, 7) is 2.29. The van der Waals surface area contributed by atoms with Crippen LogP contribution in [0.5, 0.6) is 0 Å². The Morgan fingerprint density at radius 2 is 1.64 bits per heavy atom. The molecule has 0 heterocycles. The number of benzene rings is 2. The van der Waals surface area contributed by atoms with Gasteiger partial charge in [0.25, 0.3) is 0 Å². The molecule has 0 N–H and O–H groups in total. The standard InChI is InChI=1S/C23H22O2/c1-2-25-23(24)14-16-11-12-21-19-9-5-3-7-17(19)15-18-8-4-6-10-20(18)22(21)13-16/h3-10,13H,2,11-12,14-15H2,1H3. The second-order valence-corrected chi connectivity index (χ2v) is 6.67. The van der Waals surface area contributed by atoms with Crippen molar-refractivity contribution in [3.8, 4) is 0 Å². The van der Waals surface area contributed by atoms with Crippen LogP contribution < -0.4 is 0 Å². The second-order valence-electron chi connectivity index (χ2n) is 6.67. The van der Waals surface area contributed by atoms with Gasteiger partial charge in [-0.15, -0.1) is 0 Å². The van der Waals surface area contributed by atoms with Gasteiger partial charge in [0.05, 0.1) is 13.0 Å². The average Bonchev–Trinajstić information content (AvgIpc) is 2.76. The summed E-state index contributed by atoms with van der Waals surface area (Å²) in [6, 6.07) is 17.4. The number of fused-ring (bicyclic) bond motifs is 4. The Bertz CT molecular complexity index is 886. The Kier molecular flexibility index (Phi) is 4.27. The van der Waals surface area contributed by atoms with E-state index in [1.807, 2.05) is 6.92 Å². The molecule has 25 heavy (non-hydrogen) atoms. The smallest absolute Gasteiger partial charge is 0.309 e. The van der Waals surface area contributed by atoms with E-state index in [-0.39, 0.29) is 5.97 Å². The minimum atomic E-state index is -0.125. The van der Waals surface area contributed by atoms with Crippen molar-refractivity contribution in [1.29, 1.82) is 0 Å². The van der Waals surface area contributed by atoms with E-state index in [0.717, 1.165) is 19.3 Å². The second kappa shape index (κ2) is 6.72. The number of hydrogen-bond donors (Lipinski definition) is 0. The van der Waals surface area contributed by atoms with Crippen molar-refractivity contribution in [3.05, 3.63) is 82.4 Å². The van der Waals surface area contributed by atoms with E-state index in [1.165, 1.54) is 39.0 Å². The van der Waals surface area contributed by atoms with E-state index in [2.05, 4.69) is 54.6 Å². The highest BCUT2D eigenvalue weighted by molar-refractivity contribution is 6.00. The Morgan fingerprint density at radius 3 is 2.40 bits per heavy atom. The van der Waals surface area contributed by atoms with E-state index in [1.54, 1.807) is 0 Å². The van der Waals surface area contributed by atoms with Gasteiger partial charge in [0, 0.05) is 0 Å². The van der Waals surface area contributed by atoms with Crippen molar-refractivity contribution in [3.63, 3.8) is 0 Å². The minimum Gasteiger partial charge on any atom is -0.466 e. The number of esters is 1. The number of allylic oxidation sites excluding steroid dienone is 3. The van der Waals surface area contributed by atoms with Gasteiger partial charge in [-0.2, -0.15) is 0 Å². The summed E-state index contributed by atoms with van der Waals surface area (Å²) in [6.07, 6.45) is 5.49. The average molecular weight is 330 g/mol. The van der Waals surface area contributed by atoms with Crippen molar-refractivity contribution in [2.75, 3.05) is 6.61 Å². The molecule has 2 aliphatic carbocycles. The maximum Gasteiger partial charge on any atom is 0.309 e. The number of ether oxygens (including phenoxy) is 1. The van der Waals surface area contributed by atoms with E-state index in [9.17, 15) is 4.79 Å². The highest BCUT2D eigenvalue weighted by atomic mass is 16.5. The number of carbonyl (C=O) groups excluding carboxylic acids is 1. The molecule has 0 aliphatic heterocycles. The molecule has 2 aliphatic rings. The molecule has 0 amide bonds. The molecule has 2 aromatic rings. The monoisotopic (exact) mass is 330 g/mol. The zero-order valence-corrected chi connectivity index (χ0v) is 14.5. The fourth-order valence-electron chi connectivity index (χ4n) is 3.95. The molecule has 0 atom stereocenters. The lowest BCUT2D eigenvalue weighted by molar-refractivity contribution is -0.142. The van der Waals surface area contributed by atoms with Crippen LogP contribution in [0.4, 0.5) is 0 Å². The first-order valence-corrected chi connectivity index (χ1v) is 9.01. The molecule has 2 nitrogen and oxygen atoms in total. The number of hydrogen-bond acceptors (Lipinski definition) is 2. The lowest BCUT2D eigenvalue weighted by atomic mass is 9.84. The summed E-state index contributed by atoms with van der Waals surface area (Å²) in [4.78, 5) is 11.9. The van der Waals surface area contributed by atoms with Gasteiger partial charge < -0.3 is 4.74 Å². The highest BCUT2D eigenvalue weighted by Crippen LogP contribution is 2.42. The Hall–Kier alpha value is -2.61. The molecule has 0 saturated heterocycles. The fourth-order valence-corrected chi connectivity index (χ4v) is 3.95. The first-order chi connectivity index (χ1) is 12.3. The van der Waals surface area contributed by atoms with Crippen LogP contribution in [0, 0.1) is 0 Å². The lowest BCUT2D eigenvalue weighted by Gasteiger charge is -2.21. The van der Waals surface area contributed by atoms with Crippen LogP contribution in [0.25, 0.3) is 11.1 Å². The molecule has 0 unspecified atom stereocenters. The normalized spacial score (nSPS) is 15.5. The van der Waals surface area contributed by atoms with E-state index >= 15 is 0 Å². The van der Waals surface area contributed by atoms with Gasteiger partial charge in [0.1, 0.15) is 0 Å². The third-order valence-electron chi connectivity index (χ3n) is 5.08. The molecule has 4 rings (SSSR count). The van der Waals surface area contributed by atoms with Crippen LogP contribution >= 0.6 is 0 Å². The minimum absolute atomic E-state index is 0.125. The van der Waals surface area contributed by atoms with Gasteiger partial charge in [0.2, 0.25) is 0 Å². The maximum absolute atomic E-state index is 11.9. The quantitative estimate of drug-likeness (QED) is 0.725. The zero-order chi connectivity index (χ0) is 17.2. The summed E-state index contributed by atoms with van der Waals surface area (Å²) in [5.74, 6) is -0.125. The molecule has 0 aromatic heterocycles. The van der Waals surface area contributed by atoms with Crippen LogP contribution in [0.2, 0.25) is 0 Å². The Balaban J connectivity index is 1.83. The molecular formula is C23H22O2. The Morgan fingerprint density at radius 1 is 0.960 bits per heavy atom. The third kappa shape index (κ3) is 3.05. The largest absolute Gasteiger partial charge is 0.466 e. The summed E-state index contributed by atoms with van der Waals surface area (Å²) in [5, 5.41) is 0. The predicted octanol–water partition coefficient (Wildman–Crippen LogP) is 5.18. The summed E-state index contributed by atoms with van der Waals surface area (Å²) < 4.78 is 5.14. The molecule has 126 valence electrons. The topological polar surface area (TPSA) is 26.3 Å². The SMILES string of the molecule is CCOC(=O)CC1=CC2=C(CC1)c1ccccc1Cc1ccccc12. The van der Waals surface area contributed by atoms with Crippen LogP contribution in [0.15, 0.2) is 60.2 Å². The summed E-state index contributed by atoms with van der Waals surface area (Å²) in [7, 11) is 0. The van der Waals surface area contributed by atoms with Gasteiger partial charge in [-0.25, -0.2) is 0 Å². The zero-order valence-electron chi connectivity index (χ0n) is 14.5.